The van der Waals surface area contributed by atoms with Crippen LogP contribution in [0.5, 0.6) is 5.75 Å². The van der Waals surface area contributed by atoms with Gasteiger partial charge in [-0.1, -0.05) is 6.92 Å². The van der Waals surface area contributed by atoms with Crippen molar-refractivity contribution in [2.24, 2.45) is 0 Å². The summed E-state index contributed by atoms with van der Waals surface area (Å²) in [6.07, 6.45) is 3.14. The molecule has 1 aromatic rings. The smallest absolute Gasteiger partial charge is 0.253 e. The van der Waals surface area contributed by atoms with Crippen molar-refractivity contribution in [2.75, 3.05) is 45.1 Å². The Morgan fingerprint density at radius 3 is 2.89 bits per heavy atom. The molecule has 154 valence electrons. The van der Waals surface area contributed by atoms with Crippen LogP contribution in [0.4, 0.5) is 0 Å². The molecule has 3 heterocycles. The van der Waals surface area contributed by atoms with E-state index in [9.17, 15) is 13.2 Å². The summed E-state index contributed by atoms with van der Waals surface area (Å²) in [4.78, 5) is 14.8. The molecule has 0 aliphatic carbocycles. The van der Waals surface area contributed by atoms with Crippen molar-refractivity contribution in [3.8, 4) is 5.75 Å². The first-order valence-electron chi connectivity index (χ1n) is 10.1. The summed E-state index contributed by atoms with van der Waals surface area (Å²) in [6, 6.07) is 5.63. The number of rotatable bonds is 4. The SMILES string of the molecule is CCCS(=O)(=O)N1CCOC2(CCN(C(=O)c3ccc4c(c3)CCCO4)C2)C1. The molecule has 0 radical (unpaired) electrons. The Labute approximate surface area is 166 Å². The highest BCUT2D eigenvalue weighted by Gasteiger charge is 2.46. The van der Waals surface area contributed by atoms with E-state index in [4.69, 9.17) is 9.47 Å². The number of likely N-dealkylation sites (tertiary alicyclic amines) is 1. The van der Waals surface area contributed by atoms with Gasteiger partial charge in [0.1, 0.15) is 11.4 Å². The summed E-state index contributed by atoms with van der Waals surface area (Å²) >= 11 is 0. The van der Waals surface area contributed by atoms with Gasteiger partial charge in [-0.2, -0.15) is 4.31 Å². The number of fused-ring (bicyclic) bond motifs is 1. The van der Waals surface area contributed by atoms with Gasteiger partial charge in [0.2, 0.25) is 10.0 Å². The van der Waals surface area contributed by atoms with Gasteiger partial charge in [0.15, 0.2) is 0 Å². The topological polar surface area (TPSA) is 76.2 Å². The number of nitrogens with zero attached hydrogens (tertiary/aromatic N) is 2. The Balaban J connectivity index is 1.47. The molecule has 1 amide bonds. The number of benzene rings is 1. The normalized spacial score (nSPS) is 25.5. The molecule has 3 aliphatic rings. The summed E-state index contributed by atoms with van der Waals surface area (Å²) < 4.78 is 38.1. The van der Waals surface area contributed by atoms with Gasteiger partial charge >= 0.3 is 0 Å². The first-order valence-corrected chi connectivity index (χ1v) is 11.7. The van der Waals surface area contributed by atoms with Crippen LogP contribution in [0.2, 0.25) is 0 Å². The molecular formula is C20H28N2O5S. The molecule has 2 saturated heterocycles. The highest BCUT2D eigenvalue weighted by Crippen LogP contribution is 2.32. The van der Waals surface area contributed by atoms with Crippen LogP contribution < -0.4 is 4.74 Å². The fourth-order valence-corrected chi connectivity index (χ4v) is 5.93. The van der Waals surface area contributed by atoms with Crippen molar-refractivity contribution >= 4 is 15.9 Å². The molecule has 0 N–H and O–H groups in total. The molecule has 2 fully saturated rings. The van der Waals surface area contributed by atoms with Crippen LogP contribution in [0.1, 0.15) is 42.1 Å². The molecule has 28 heavy (non-hydrogen) atoms. The molecule has 0 aromatic heterocycles. The van der Waals surface area contributed by atoms with E-state index < -0.39 is 15.6 Å². The van der Waals surface area contributed by atoms with Crippen molar-refractivity contribution < 1.29 is 22.7 Å². The zero-order valence-electron chi connectivity index (χ0n) is 16.4. The lowest BCUT2D eigenvalue weighted by Crippen LogP contribution is -2.55. The number of amides is 1. The number of sulfonamides is 1. The van der Waals surface area contributed by atoms with Crippen LogP contribution in [0.3, 0.4) is 0 Å². The van der Waals surface area contributed by atoms with E-state index in [2.05, 4.69) is 0 Å². The lowest BCUT2D eigenvalue weighted by atomic mass is 10.0. The van der Waals surface area contributed by atoms with E-state index in [1.165, 1.54) is 0 Å². The summed E-state index contributed by atoms with van der Waals surface area (Å²) in [5.41, 5.74) is 1.15. The molecule has 1 aromatic carbocycles. The fraction of sp³-hybridized carbons (Fsp3) is 0.650. The third-order valence-electron chi connectivity index (χ3n) is 5.83. The predicted molar refractivity (Wildman–Crippen MR) is 105 cm³/mol. The Morgan fingerprint density at radius 2 is 2.07 bits per heavy atom. The van der Waals surface area contributed by atoms with Crippen LogP contribution in [-0.2, 0) is 21.2 Å². The number of aryl methyl sites for hydroxylation is 1. The average Bonchev–Trinajstić information content (AvgIpc) is 3.10. The molecule has 7 nitrogen and oxygen atoms in total. The van der Waals surface area contributed by atoms with E-state index in [1.807, 2.05) is 25.1 Å². The fourth-order valence-electron chi connectivity index (χ4n) is 4.38. The molecule has 8 heteroatoms. The minimum atomic E-state index is -3.26. The first kappa shape index (κ1) is 19.7. The number of hydrogen-bond donors (Lipinski definition) is 0. The lowest BCUT2D eigenvalue weighted by Gasteiger charge is -2.39. The quantitative estimate of drug-likeness (QED) is 0.758. The van der Waals surface area contributed by atoms with Crippen LogP contribution >= 0.6 is 0 Å². The highest BCUT2D eigenvalue weighted by atomic mass is 32.2. The summed E-state index contributed by atoms with van der Waals surface area (Å²) in [5.74, 6) is 0.999. The Kier molecular flexibility index (Phi) is 5.37. The molecule has 0 bridgehead atoms. The van der Waals surface area contributed by atoms with Crippen molar-refractivity contribution in [3.63, 3.8) is 0 Å². The highest BCUT2D eigenvalue weighted by molar-refractivity contribution is 7.89. The minimum Gasteiger partial charge on any atom is -0.493 e. The largest absolute Gasteiger partial charge is 0.493 e. The second kappa shape index (κ2) is 7.65. The van der Waals surface area contributed by atoms with Gasteiger partial charge < -0.3 is 14.4 Å². The number of ether oxygens (including phenoxy) is 2. The van der Waals surface area contributed by atoms with Crippen LogP contribution in [0, 0.1) is 0 Å². The van der Waals surface area contributed by atoms with Crippen LogP contribution in [-0.4, -0.2) is 74.3 Å². The van der Waals surface area contributed by atoms with Gasteiger partial charge in [-0.15, -0.1) is 0 Å². The molecule has 3 aliphatic heterocycles. The molecular weight excluding hydrogens is 380 g/mol. The first-order chi connectivity index (χ1) is 13.4. The van der Waals surface area contributed by atoms with Crippen LogP contribution in [0.25, 0.3) is 0 Å². The van der Waals surface area contributed by atoms with Gasteiger partial charge in [-0.05, 0) is 49.4 Å². The number of hydrogen-bond acceptors (Lipinski definition) is 5. The van der Waals surface area contributed by atoms with Gasteiger partial charge in [-0.3, -0.25) is 4.79 Å². The second-order valence-electron chi connectivity index (χ2n) is 7.93. The molecule has 0 saturated carbocycles. The van der Waals surface area contributed by atoms with Crippen molar-refractivity contribution in [1.82, 2.24) is 9.21 Å². The zero-order chi connectivity index (χ0) is 19.8. The van der Waals surface area contributed by atoms with Gasteiger partial charge in [0.05, 0.1) is 25.5 Å². The molecule has 1 atom stereocenters. The number of morpholine rings is 1. The van der Waals surface area contributed by atoms with E-state index >= 15 is 0 Å². The Bertz CT molecular complexity index is 856. The summed E-state index contributed by atoms with van der Waals surface area (Å²) in [5, 5.41) is 0. The zero-order valence-corrected chi connectivity index (χ0v) is 17.2. The standard InChI is InChI=1S/C20H28N2O5S/c1-2-12-28(24,25)22-9-11-27-20(15-22)7-8-21(14-20)19(23)17-5-6-18-16(13-17)4-3-10-26-18/h5-6,13H,2-4,7-12,14-15H2,1H3. The second-order valence-corrected chi connectivity index (χ2v) is 10.0. The maximum absolute atomic E-state index is 13.0. The average molecular weight is 409 g/mol. The van der Waals surface area contributed by atoms with E-state index in [1.54, 1.807) is 9.21 Å². The predicted octanol–water partition coefficient (Wildman–Crippen LogP) is 1.67. The summed E-state index contributed by atoms with van der Waals surface area (Å²) in [7, 11) is -3.26. The third-order valence-corrected chi connectivity index (χ3v) is 7.85. The van der Waals surface area contributed by atoms with E-state index in [0.717, 1.165) is 30.8 Å². The summed E-state index contributed by atoms with van der Waals surface area (Å²) in [6.45, 7) is 4.70. The molecule has 4 rings (SSSR count). The minimum absolute atomic E-state index is 0.0256. The molecule has 1 spiro atoms. The lowest BCUT2D eigenvalue weighted by molar-refractivity contribution is -0.0796. The van der Waals surface area contributed by atoms with Crippen LogP contribution in [0.15, 0.2) is 18.2 Å². The maximum atomic E-state index is 13.0. The monoisotopic (exact) mass is 408 g/mol. The van der Waals surface area contributed by atoms with Gasteiger partial charge in [0, 0.05) is 25.2 Å². The van der Waals surface area contributed by atoms with Gasteiger partial charge in [0.25, 0.3) is 5.91 Å². The maximum Gasteiger partial charge on any atom is 0.253 e. The Morgan fingerprint density at radius 1 is 1.21 bits per heavy atom. The number of carbonyl (C=O) groups excluding carboxylic acids is 1. The van der Waals surface area contributed by atoms with Crippen molar-refractivity contribution in [1.29, 1.82) is 0 Å². The van der Waals surface area contributed by atoms with Gasteiger partial charge in [-0.25, -0.2) is 8.42 Å². The van der Waals surface area contributed by atoms with E-state index in [0.29, 0.717) is 51.2 Å². The molecule has 1 unspecified atom stereocenters. The van der Waals surface area contributed by atoms with Crippen molar-refractivity contribution in [2.45, 2.75) is 38.2 Å². The third kappa shape index (κ3) is 3.77. The van der Waals surface area contributed by atoms with Crippen molar-refractivity contribution in [3.05, 3.63) is 29.3 Å². The Hall–Kier alpha value is -1.64. The number of carbonyl (C=O) groups is 1. The van der Waals surface area contributed by atoms with E-state index in [-0.39, 0.29) is 11.7 Å².